The highest BCUT2D eigenvalue weighted by molar-refractivity contribution is 5.87. The van der Waals surface area contributed by atoms with Crippen molar-refractivity contribution in [3.8, 4) is 0 Å². The zero-order valence-electron chi connectivity index (χ0n) is 10.00. The lowest BCUT2D eigenvalue weighted by atomic mass is 10.2. The predicted octanol–water partition coefficient (Wildman–Crippen LogP) is 0.916. The van der Waals surface area contributed by atoms with Crippen LogP contribution in [-0.4, -0.2) is 36.7 Å². The van der Waals surface area contributed by atoms with E-state index < -0.39 is 18.0 Å². The molecule has 0 amide bonds. The number of carboxylic acids is 1. The smallest absolute Gasteiger partial charge is 0.330 e. The molecule has 18 heavy (non-hydrogen) atoms. The van der Waals surface area contributed by atoms with Crippen molar-refractivity contribution in [3.63, 3.8) is 0 Å². The molecule has 5 nitrogen and oxygen atoms in total. The number of benzene rings is 1. The first-order chi connectivity index (χ1) is 8.63. The van der Waals surface area contributed by atoms with E-state index in [0.29, 0.717) is 0 Å². The van der Waals surface area contributed by atoms with Crippen LogP contribution >= 0.6 is 0 Å². The lowest BCUT2D eigenvalue weighted by Gasteiger charge is -2.10. The summed E-state index contributed by atoms with van der Waals surface area (Å²) >= 11 is 0. The lowest BCUT2D eigenvalue weighted by Crippen LogP contribution is -2.38. The van der Waals surface area contributed by atoms with Crippen LogP contribution in [0, 0.1) is 0 Å². The molecule has 5 heteroatoms. The molecule has 1 atom stereocenters. The normalized spacial score (nSPS) is 12.3. The van der Waals surface area contributed by atoms with Crippen molar-refractivity contribution < 1.29 is 19.4 Å². The SMILES string of the molecule is CN[C@@H](COC(=O)C=Cc1ccccc1)C(=O)O. The van der Waals surface area contributed by atoms with E-state index >= 15 is 0 Å². The maximum atomic E-state index is 11.3. The summed E-state index contributed by atoms with van der Waals surface area (Å²) in [7, 11) is 1.49. The van der Waals surface area contributed by atoms with Crippen molar-refractivity contribution >= 4 is 18.0 Å². The molecule has 1 rings (SSSR count). The number of likely N-dealkylation sites (N-methyl/N-ethyl adjacent to an activating group) is 1. The van der Waals surface area contributed by atoms with Crippen molar-refractivity contribution in [1.29, 1.82) is 0 Å². The Morgan fingerprint density at radius 2 is 2.06 bits per heavy atom. The van der Waals surface area contributed by atoms with Crippen LogP contribution in [0.15, 0.2) is 36.4 Å². The monoisotopic (exact) mass is 249 g/mol. The Morgan fingerprint density at radius 1 is 1.39 bits per heavy atom. The summed E-state index contributed by atoms with van der Waals surface area (Å²) in [6.07, 6.45) is 2.88. The van der Waals surface area contributed by atoms with Gasteiger partial charge in [-0.2, -0.15) is 0 Å². The molecule has 1 aromatic carbocycles. The van der Waals surface area contributed by atoms with E-state index in [4.69, 9.17) is 9.84 Å². The molecule has 0 heterocycles. The van der Waals surface area contributed by atoms with Gasteiger partial charge in [-0.1, -0.05) is 30.3 Å². The van der Waals surface area contributed by atoms with E-state index in [-0.39, 0.29) is 6.61 Å². The fourth-order valence-electron chi connectivity index (χ4n) is 1.22. The van der Waals surface area contributed by atoms with E-state index in [0.717, 1.165) is 5.56 Å². The molecular formula is C13H15NO4. The minimum atomic E-state index is -1.06. The Labute approximate surface area is 105 Å². The van der Waals surface area contributed by atoms with Crippen molar-refractivity contribution in [1.82, 2.24) is 5.32 Å². The van der Waals surface area contributed by atoms with Gasteiger partial charge in [0.25, 0.3) is 0 Å². The third kappa shape index (κ3) is 4.80. The number of hydrogen-bond acceptors (Lipinski definition) is 4. The van der Waals surface area contributed by atoms with Crippen LogP contribution in [0.1, 0.15) is 5.56 Å². The second-order valence-electron chi connectivity index (χ2n) is 3.55. The number of carbonyl (C=O) groups is 2. The minimum absolute atomic E-state index is 0.205. The van der Waals surface area contributed by atoms with E-state index in [1.54, 1.807) is 6.08 Å². The van der Waals surface area contributed by atoms with E-state index in [2.05, 4.69) is 5.32 Å². The van der Waals surface area contributed by atoms with Crippen LogP contribution in [0.25, 0.3) is 6.08 Å². The van der Waals surface area contributed by atoms with Gasteiger partial charge in [-0.05, 0) is 18.7 Å². The lowest BCUT2D eigenvalue weighted by molar-refractivity contribution is -0.145. The molecule has 0 saturated heterocycles. The summed E-state index contributed by atoms with van der Waals surface area (Å²) in [6, 6.07) is 8.38. The first-order valence-corrected chi connectivity index (χ1v) is 5.43. The van der Waals surface area contributed by atoms with Crippen LogP contribution < -0.4 is 5.32 Å². The van der Waals surface area contributed by atoms with E-state index in [1.807, 2.05) is 30.3 Å². The summed E-state index contributed by atoms with van der Waals surface area (Å²) in [5.74, 6) is -1.63. The fraction of sp³-hybridized carbons (Fsp3) is 0.231. The molecule has 0 saturated carbocycles. The Morgan fingerprint density at radius 3 is 2.61 bits per heavy atom. The molecule has 0 aliphatic rings. The first kappa shape index (κ1) is 13.9. The van der Waals surface area contributed by atoms with Gasteiger partial charge in [0.1, 0.15) is 12.6 Å². The molecule has 0 aliphatic carbocycles. The highest BCUT2D eigenvalue weighted by Crippen LogP contribution is 2.01. The van der Waals surface area contributed by atoms with Crippen LogP contribution in [0.3, 0.4) is 0 Å². The molecule has 0 spiro atoms. The Kier molecular flexibility index (Phi) is 5.60. The number of carbonyl (C=O) groups excluding carboxylic acids is 1. The summed E-state index contributed by atoms with van der Waals surface area (Å²) in [5, 5.41) is 11.3. The van der Waals surface area contributed by atoms with Gasteiger partial charge in [-0.3, -0.25) is 4.79 Å². The number of esters is 1. The summed E-state index contributed by atoms with van der Waals surface area (Å²) < 4.78 is 4.81. The highest BCUT2D eigenvalue weighted by atomic mass is 16.5. The third-order valence-electron chi connectivity index (χ3n) is 2.25. The van der Waals surface area contributed by atoms with Gasteiger partial charge in [0.15, 0.2) is 0 Å². The first-order valence-electron chi connectivity index (χ1n) is 5.43. The molecule has 1 aromatic rings. The van der Waals surface area contributed by atoms with Crippen LogP contribution in [-0.2, 0) is 14.3 Å². The van der Waals surface area contributed by atoms with Gasteiger partial charge in [0.2, 0.25) is 0 Å². The van der Waals surface area contributed by atoms with Gasteiger partial charge < -0.3 is 15.2 Å². The maximum absolute atomic E-state index is 11.3. The molecule has 0 unspecified atom stereocenters. The zero-order valence-corrected chi connectivity index (χ0v) is 10.00. The third-order valence-corrected chi connectivity index (χ3v) is 2.25. The topological polar surface area (TPSA) is 75.6 Å². The van der Waals surface area contributed by atoms with E-state index in [1.165, 1.54) is 13.1 Å². The number of nitrogens with one attached hydrogen (secondary N) is 1. The molecule has 96 valence electrons. The van der Waals surface area contributed by atoms with Crippen molar-refractivity contribution in [2.45, 2.75) is 6.04 Å². The molecular weight excluding hydrogens is 234 g/mol. The highest BCUT2D eigenvalue weighted by Gasteiger charge is 2.16. The number of hydrogen-bond donors (Lipinski definition) is 2. The van der Waals surface area contributed by atoms with Crippen LogP contribution in [0.2, 0.25) is 0 Å². The largest absolute Gasteiger partial charge is 0.480 e. The van der Waals surface area contributed by atoms with Crippen LogP contribution in [0.4, 0.5) is 0 Å². The summed E-state index contributed by atoms with van der Waals surface area (Å²) in [5.41, 5.74) is 0.873. The van der Waals surface area contributed by atoms with Gasteiger partial charge in [-0.25, -0.2) is 4.79 Å². The van der Waals surface area contributed by atoms with Crippen molar-refractivity contribution in [2.24, 2.45) is 0 Å². The van der Waals surface area contributed by atoms with Gasteiger partial charge in [-0.15, -0.1) is 0 Å². The van der Waals surface area contributed by atoms with Crippen molar-refractivity contribution in [2.75, 3.05) is 13.7 Å². The Balaban J connectivity index is 2.43. The average molecular weight is 249 g/mol. The molecule has 0 bridgehead atoms. The number of carboxylic acid groups (broad SMARTS) is 1. The van der Waals surface area contributed by atoms with Gasteiger partial charge in [0, 0.05) is 6.08 Å². The Bertz CT molecular complexity index is 428. The Hall–Kier alpha value is -2.14. The zero-order chi connectivity index (χ0) is 13.4. The molecule has 0 aromatic heterocycles. The minimum Gasteiger partial charge on any atom is -0.480 e. The maximum Gasteiger partial charge on any atom is 0.330 e. The standard InChI is InChI=1S/C13H15NO4/c1-14-11(13(16)17)9-18-12(15)8-7-10-5-3-2-4-6-10/h2-8,11,14H,9H2,1H3,(H,16,17)/t11-/m0/s1. The van der Waals surface area contributed by atoms with Crippen LogP contribution in [0.5, 0.6) is 0 Å². The quantitative estimate of drug-likeness (QED) is 0.579. The molecule has 2 N–H and O–H groups in total. The predicted molar refractivity (Wildman–Crippen MR) is 66.9 cm³/mol. The number of ether oxygens (including phenoxy) is 1. The molecule has 0 radical (unpaired) electrons. The number of rotatable bonds is 6. The second kappa shape index (κ2) is 7.24. The average Bonchev–Trinajstić information content (AvgIpc) is 2.38. The number of aliphatic carboxylic acids is 1. The summed E-state index contributed by atoms with van der Waals surface area (Å²) in [6.45, 7) is -0.205. The van der Waals surface area contributed by atoms with Gasteiger partial charge in [0.05, 0.1) is 0 Å². The van der Waals surface area contributed by atoms with Crippen molar-refractivity contribution in [3.05, 3.63) is 42.0 Å². The second-order valence-corrected chi connectivity index (χ2v) is 3.55. The van der Waals surface area contributed by atoms with Gasteiger partial charge >= 0.3 is 11.9 Å². The molecule has 0 aliphatic heterocycles. The fourth-order valence-corrected chi connectivity index (χ4v) is 1.22. The van der Waals surface area contributed by atoms with E-state index in [9.17, 15) is 9.59 Å². The summed E-state index contributed by atoms with van der Waals surface area (Å²) in [4.78, 5) is 22.0. The molecule has 0 fully saturated rings.